The fraction of sp³-hybridized carbons (Fsp3) is 0.0769. The lowest BCUT2D eigenvalue weighted by molar-refractivity contribution is 0.491. The van der Waals surface area contributed by atoms with Crippen LogP contribution in [-0.2, 0) is 0 Å². The van der Waals surface area contributed by atoms with Crippen LogP contribution in [0.25, 0.3) is 0 Å². The molecule has 0 aromatic heterocycles. The molecule has 94 valence electrons. The summed E-state index contributed by atoms with van der Waals surface area (Å²) in [6, 6.07) is 5.04. The number of benzene rings is 2. The average Bonchev–Trinajstić information content (AvgIpc) is 2.32. The predicted molar refractivity (Wildman–Crippen MR) is 58.7 cm³/mol. The van der Waals surface area contributed by atoms with Crippen LogP contribution in [0.2, 0.25) is 0 Å². The zero-order valence-electron chi connectivity index (χ0n) is 9.13. The number of hydrogen-bond donors (Lipinski definition) is 1. The van der Waals surface area contributed by atoms with E-state index in [2.05, 4.69) is 0 Å². The highest BCUT2D eigenvalue weighted by molar-refractivity contribution is 5.33. The Hall–Kier alpha value is -1.88. The Morgan fingerprint density at radius 2 is 1.56 bits per heavy atom. The molecule has 18 heavy (non-hydrogen) atoms. The molecule has 2 N–H and O–H groups in total. The van der Waals surface area contributed by atoms with Crippen LogP contribution >= 0.6 is 0 Å². The van der Waals surface area contributed by atoms with Gasteiger partial charge in [0.2, 0.25) is 0 Å². The van der Waals surface area contributed by atoms with Crippen molar-refractivity contribution < 1.29 is 17.6 Å². The van der Waals surface area contributed by atoms with E-state index < -0.39 is 29.3 Å². The molecule has 5 heteroatoms. The highest BCUT2D eigenvalue weighted by Crippen LogP contribution is 2.25. The van der Waals surface area contributed by atoms with Gasteiger partial charge in [0, 0.05) is 17.2 Å². The minimum atomic E-state index is -1.19. The molecular formula is C13H9F4N. The second-order valence-electron chi connectivity index (χ2n) is 3.79. The van der Waals surface area contributed by atoms with Gasteiger partial charge in [0.05, 0.1) is 6.04 Å². The number of halogens is 4. The first-order valence-electron chi connectivity index (χ1n) is 5.15. The van der Waals surface area contributed by atoms with Gasteiger partial charge in [-0.25, -0.2) is 17.6 Å². The van der Waals surface area contributed by atoms with Crippen molar-refractivity contribution in [3.8, 4) is 0 Å². The van der Waals surface area contributed by atoms with Crippen molar-refractivity contribution in [3.63, 3.8) is 0 Å². The summed E-state index contributed by atoms with van der Waals surface area (Å²) in [6.45, 7) is 0. The number of nitrogens with two attached hydrogens (primary N) is 1. The molecule has 1 atom stereocenters. The van der Waals surface area contributed by atoms with Crippen molar-refractivity contribution in [2.75, 3.05) is 0 Å². The number of rotatable bonds is 2. The highest BCUT2D eigenvalue weighted by atomic mass is 19.2. The van der Waals surface area contributed by atoms with Crippen LogP contribution < -0.4 is 5.73 Å². The summed E-state index contributed by atoms with van der Waals surface area (Å²) in [5.74, 6) is -3.85. The molecule has 0 bridgehead atoms. The van der Waals surface area contributed by atoms with E-state index in [0.717, 1.165) is 18.2 Å². The van der Waals surface area contributed by atoms with Gasteiger partial charge in [-0.15, -0.1) is 0 Å². The lowest BCUT2D eigenvalue weighted by atomic mass is 9.98. The minimum Gasteiger partial charge on any atom is -0.320 e. The van der Waals surface area contributed by atoms with Crippen LogP contribution in [0.1, 0.15) is 17.2 Å². The van der Waals surface area contributed by atoms with Crippen molar-refractivity contribution in [2.45, 2.75) is 6.04 Å². The molecular weight excluding hydrogens is 246 g/mol. The summed E-state index contributed by atoms with van der Waals surface area (Å²) in [5, 5.41) is 0. The van der Waals surface area contributed by atoms with Crippen molar-refractivity contribution in [3.05, 3.63) is 70.8 Å². The van der Waals surface area contributed by atoms with E-state index in [9.17, 15) is 17.6 Å². The summed E-state index contributed by atoms with van der Waals surface area (Å²) in [7, 11) is 0. The van der Waals surface area contributed by atoms with Crippen LogP contribution in [-0.4, -0.2) is 0 Å². The van der Waals surface area contributed by atoms with Gasteiger partial charge in [-0.05, 0) is 12.1 Å². The van der Waals surface area contributed by atoms with Gasteiger partial charge in [0.1, 0.15) is 11.6 Å². The lowest BCUT2D eigenvalue weighted by Gasteiger charge is -2.14. The first-order valence-corrected chi connectivity index (χ1v) is 5.15. The Kier molecular flexibility index (Phi) is 3.34. The Morgan fingerprint density at radius 1 is 0.833 bits per heavy atom. The predicted octanol–water partition coefficient (Wildman–Crippen LogP) is 3.29. The molecule has 2 aromatic carbocycles. The first kappa shape index (κ1) is 12.6. The molecule has 0 radical (unpaired) electrons. The molecule has 0 amide bonds. The third kappa shape index (κ3) is 2.22. The maximum Gasteiger partial charge on any atom is 0.163 e. The molecule has 2 rings (SSSR count). The molecule has 0 saturated heterocycles. The zero-order chi connectivity index (χ0) is 13.3. The third-order valence-electron chi connectivity index (χ3n) is 2.61. The Balaban J connectivity index is 2.48. The highest BCUT2D eigenvalue weighted by Gasteiger charge is 2.19. The topological polar surface area (TPSA) is 26.0 Å². The monoisotopic (exact) mass is 255 g/mol. The standard InChI is InChI=1S/C13H9F4N/c14-7-4-5-8(11(16)6-7)13(18)9-2-1-3-10(15)12(9)17/h1-6,13H,18H2. The molecule has 0 aliphatic carbocycles. The van der Waals surface area contributed by atoms with E-state index in [4.69, 9.17) is 5.73 Å². The second-order valence-corrected chi connectivity index (χ2v) is 3.79. The fourth-order valence-corrected chi connectivity index (χ4v) is 1.68. The molecule has 0 spiro atoms. The molecule has 1 unspecified atom stereocenters. The Labute approximate surface area is 101 Å². The van der Waals surface area contributed by atoms with Gasteiger partial charge < -0.3 is 5.73 Å². The molecule has 0 saturated carbocycles. The van der Waals surface area contributed by atoms with Crippen LogP contribution in [0, 0.1) is 23.3 Å². The normalized spacial score (nSPS) is 12.5. The average molecular weight is 255 g/mol. The molecule has 0 aliphatic heterocycles. The minimum absolute atomic E-state index is 0.0964. The van der Waals surface area contributed by atoms with Gasteiger partial charge in [-0.3, -0.25) is 0 Å². The quantitative estimate of drug-likeness (QED) is 0.819. The maximum atomic E-state index is 13.5. The summed E-state index contributed by atoms with van der Waals surface area (Å²) < 4.78 is 52.8. The number of hydrogen-bond acceptors (Lipinski definition) is 1. The summed E-state index contributed by atoms with van der Waals surface area (Å²) in [5.41, 5.74) is 5.39. The molecule has 0 heterocycles. The van der Waals surface area contributed by atoms with E-state index in [0.29, 0.717) is 6.07 Å². The zero-order valence-corrected chi connectivity index (χ0v) is 9.13. The summed E-state index contributed by atoms with van der Waals surface area (Å²) in [4.78, 5) is 0. The van der Waals surface area contributed by atoms with E-state index in [1.54, 1.807) is 0 Å². The van der Waals surface area contributed by atoms with Crippen LogP contribution in [0.4, 0.5) is 17.6 Å². The smallest absolute Gasteiger partial charge is 0.163 e. The molecule has 0 fully saturated rings. The van der Waals surface area contributed by atoms with Crippen molar-refractivity contribution in [1.29, 1.82) is 0 Å². The van der Waals surface area contributed by atoms with Crippen molar-refractivity contribution >= 4 is 0 Å². The lowest BCUT2D eigenvalue weighted by Crippen LogP contribution is -2.16. The van der Waals surface area contributed by atoms with E-state index in [-0.39, 0.29) is 11.1 Å². The van der Waals surface area contributed by atoms with Crippen LogP contribution in [0.5, 0.6) is 0 Å². The molecule has 0 aliphatic rings. The van der Waals surface area contributed by atoms with E-state index in [1.807, 2.05) is 0 Å². The second kappa shape index (κ2) is 4.78. The molecule has 2 aromatic rings. The first-order chi connectivity index (χ1) is 8.50. The van der Waals surface area contributed by atoms with Crippen molar-refractivity contribution in [2.24, 2.45) is 5.73 Å². The SMILES string of the molecule is NC(c1ccc(F)cc1F)c1cccc(F)c1F. The van der Waals surface area contributed by atoms with Gasteiger partial charge in [-0.1, -0.05) is 18.2 Å². The van der Waals surface area contributed by atoms with Gasteiger partial charge in [-0.2, -0.15) is 0 Å². The molecule has 1 nitrogen and oxygen atoms in total. The Bertz CT molecular complexity index is 583. The van der Waals surface area contributed by atoms with E-state index in [1.165, 1.54) is 12.1 Å². The van der Waals surface area contributed by atoms with Gasteiger partial charge in [0.15, 0.2) is 11.6 Å². The fourth-order valence-electron chi connectivity index (χ4n) is 1.68. The Morgan fingerprint density at radius 3 is 2.22 bits per heavy atom. The van der Waals surface area contributed by atoms with Crippen molar-refractivity contribution in [1.82, 2.24) is 0 Å². The summed E-state index contributed by atoms with van der Waals surface area (Å²) >= 11 is 0. The van der Waals surface area contributed by atoms with Gasteiger partial charge in [0.25, 0.3) is 0 Å². The largest absolute Gasteiger partial charge is 0.320 e. The maximum absolute atomic E-state index is 13.5. The summed E-state index contributed by atoms with van der Waals surface area (Å²) in [6.07, 6.45) is 0. The van der Waals surface area contributed by atoms with E-state index >= 15 is 0 Å². The third-order valence-corrected chi connectivity index (χ3v) is 2.61. The van der Waals surface area contributed by atoms with Crippen LogP contribution in [0.15, 0.2) is 36.4 Å². The van der Waals surface area contributed by atoms with Gasteiger partial charge >= 0.3 is 0 Å². The van der Waals surface area contributed by atoms with Crippen LogP contribution in [0.3, 0.4) is 0 Å².